The molecule has 0 aromatic heterocycles. The van der Waals surface area contributed by atoms with Gasteiger partial charge in [0.15, 0.2) is 0 Å². The molecule has 2 aromatic rings. The van der Waals surface area contributed by atoms with E-state index in [4.69, 9.17) is 22.4 Å². The van der Waals surface area contributed by atoms with E-state index in [2.05, 4.69) is 0 Å². The molecule has 0 fully saturated rings. The summed E-state index contributed by atoms with van der Waals surface area (Å²) in [5, 5.41) is 9.39. The molecule has 0 amide bonds. The van der Waals surface area contributed by atoms with Crippen LogP contribution in [-0.2, 0) is 14.8 Å². The van der Waals surface area contributed by atoms with Gasteiger partial charge in [0.1, 0.15) is 6.54 Å². The maximum atomic E-state index is 12.7. The van der Waals surface area contributed by atoms with Crippen molar-refractivity contribution in [2.24, 2.45) is 0 Å². The topological polar surface area (TPSA) is 101 Å². The number of nitrogen functional groups attached to an aromatic ring is 1. The Morgan fingerprint density at radius 1 is 1.09 bits per heavy atom. The van der Waals surface area contributed by atoms with Gasteiger partial charge in [-0.1, -0.05) is 11.6 Å². The maximum Gasteiger partial charge on any atom is 0.324 e. The zero-order valence-corrected chi connectivity index (χ0v) is 12.9. The van der Waals surface area contributed by atoms with Gasteiger partial charge in [-0.15, -0.1) is 0 Å². The highest BCUT2D eigenvalue weighted by Gasteiger charge is 2.26. The number of hydrogen-bond donors (Lipinski definition) is 2. The van der Waals surface area contributed by atoms with Gasteiger partial charge < -0.3 is 10.8 Å². The molecule has 0 aliphatic carbocycles. The molecule has 0 saturated heterocycles. The average Bonchev–Trinajstić information content (AvgIpc) is 2.46. The zero-order chi connectivity index (χ0) is 16.3. The highest BCUT2D eigenvalue weighted by atomic mass is 35.5. The molecular formula is C14H13ClN2O4S. The smallest absolute Gasteiger partial charge is 0.324 e. The van der Waals surface area contributed by atoms with Crippen LogP contribution in [-0.4, -0.2) is 26.0 Å². The Morgan fingerprint density at radius 2 is 1.64 bits per heavy atom. The minimum absolute atomic E-state index is 0.0463. The van der Waals surface area contributed by atoms with E-state index >= 15 is 0 Å². The number of nitrogens with zero attached hydrogens (tertiary/aromatic N) is 1. The fourth-order valence-electron chi connectivity index (χ4n) is 1.81. The van der Waals surface area contributed by atoms with E-state index in [0.717, 1.165) is 4.31 Å². The largest absolute Gasteiger partial charge is 0.480 e. The predicted octanol–water partition coefficient (Wildman–Crippen LogP) is 2.20. The molecule has 0 aliphatic heterocycles. The van der Waals surface area contributed by atoms with Gasteiger partial charge in [0.05, 0.1) is 10.6 Å². The van der Waals surface area contributed by atoms with Gasteiger partial charge in [-0.3, -0.25) is 9.10 Å². The average molecular weight is 341 g/mol. The number of aliphatic carboxylic acids is 1. The standard InChI is InChI=1S/C14H13ClN2O4S/c15-10-1-7-13(8-2-10)22(20,21)17(9-14(18)19)12-5-3-11(16)4-6-12/h1-8H,9,16H2,(H,18,19). The molecule has 116 valence electrons. The second-order valence-corrected chi connectivity index (χ2v) is 6.75. The maximum absolute atomic E-state index is 12.7. The van der Waals surface area contributed by atoms with E-state index in [1.807, 2.05) is 0 Å². The van der Waals surface area contributed by atoms with Crippen molar-refractivity contribution in [2.75, 3.05) is 16.6 Å². The summed E-state index contributed by atoms with van der Waals surface area (Å²) in [4.78, 5) is 11.0. The summed E-state index contributed by atoms with van der Waals surface area (Å²) in [7, 11) is -4.03. The summed E-state index contributed by atoms with van der Waals surface area (Å²) < 4.78 is 26.1. The second kappa shape index (κ2) is 6.25. The van der Waals surface area contributed by atoms with Crippen molar-refractivity contribution < 1.29 is 18.3 Å². The first-order valence-electron chi connectivity index (χ1n) is 6.16. The molecule has 0 unspecified atom stereocenters. The first kappa shape index (κ1) is 16.1. The van der Waals surface area contributed by atoms with Crippen LogP contribution in [0.15, 0.2) is 53.4 Å². The Kier molecular flexibility index (Phi) is 4.58. The number of carboxylic acid groups (broad SMARTS) is 1. The molecule has 0 aliphatic rings. The number of nitrogens with two attached hydrogens (primary N) is 1. The lowest BCUT2D eigenvalue weighted by Crippen LogP contribution is -2.35. The summed E-state index contributed by atoms with van der Waals surface area (Å²) in [5.41, 5.74) is 6.23. The normalized spacial score (nSPS) is 11.1. The Labute approximate surface area is 132 Å². The summed E-state index contributed by atoms with van der Waals surface area (Å²) in [6, 6.07) is 11.4. The van der Waals surface area contributed by atoms with Crippen molar-refractivity contribution in [1.29, 1.82) is 0 Å². The minimum atomic E-state index is -4.03. The summed E-state index contributed by atoms with van der Waals surface area (Å²) in [5.74, 6) is -1.27. The molecule has 0 bridgehead atoms. The molecule has 0 spiro atoms. The van der Waals surface area contributed by atoms with Gasteiger partial charge in [0.25, 0.3) is 10.0 Å². The lowest BCUT2D eigenvalue weighted by atomic mass is 10.3. The lowest BCUT2D eigenvalue weighted by Gasteiger charge is -2.22. The van der Waals surface area contributed by atoms with Crippen LogP contribution in [0.2, 0.25) is 5.02 Å². The monoisotopic (exact) mass is 340 g/mol. The van der Waals surface area contributed by atoms with E-state index in [1.165, 1.54) is 48.5 Å². The number of anilines is 2. The van der Waals surface area contributed by atoms with Gasteiger partial charge >= 0.3 is 5.97 Å². The van der Waals surface area contributed by atoms with E-state index in [-0.39, 0.29) is 10.6 Å². The van der Waals surface area contributed by atoms with Crippen molar-refractivity contribution in [2.45, 2.75) is 4.90 Å². The number of halogens is 1. The number of sulfonamides is 1. The van der Waals surface area contributed by atoms with Crippen molar-refractivity contribution >= 4 is 39.0 Å². The molecule has 0 heterocycles. The molecule has 3 N–H and O–H groups in total. The molecule has 0 saturated carbocycles. The molecule has 2 rings (SSSR count). The van der Waals surface area contributed by atoms with Crippen LogP contribution in [0.3, 0.4) is 0 Å². The summed E-state index contributed by atoms with van der Waals surface area (Å²) in [6.45, 7) is -0.700. The molecular weight excluding hydrogens is 328 g/mol. The van der Waals surface area contributed by atoms with Gasteiger partial charge in [0, 0.05) is 10.7 Å². The summed E-state index contributed by atoms with van der Waals surface area (Å²) in [6.07, 6.45) is 0. The molecule has 8 heteroatoms. The fraction of sp³-hybridized carbons (Fsp3) is 0.0714. The van der Waals surface area contributed by atoms with Crippen LogP contribution in [0.4, 0.5) is 11.4 Å². The van der Waals surface area contributed by atoms with Gasteiger partial charge in [-0.05, 0) is 48.5 Å². The first-order valence-corrected chi connectivity index (χ1v) is 7.98. The zero-order valence-electron chi connectivity index (χ0n) is 11.3. The van der Waals surface area contributed by atoms with Crippen molar-refractivity contribution in [3.05, 3.63) is 53.6 Å². The van der Waals surface area contributed by atoms with Gasteiger partial charge in [-0.25, -0.2) is 8.42 Å². The third-order valence-electron chi connectivity index (χ3n) is 2.86. The van der Waals surface area contributed by atoms with Gasteiger partial charge in [-0.2, -0.15) is 0 Å². The second-order valence-electron chi connectivity index (χ2n) is 4.45. The van der Waals surface area contributed by atoms with Crippen LogP contribution >= 0.6 is 11.6 Å². The lowest BCUT2D eigenvalue weighted by molar-refractivity contribution is -0.135. The van der Waals surface area contributed by atoms with E-state index in [9.17, 15) is 13.2 Å². The van der Waals surface area contributed by atoms with E-state index in [0.29, 0.717) is 10.7 Å². The summed E-state index contributed by atoms with van der Waals surface area (Å²) >= 11 is 5.74. The van der Waals surface area contributed by atoms with Crippen LogP contribution < -0.4 is 10.0 Å². The number of carboxylic acids is 1. The number of benzene rings is 2. The Balaban J connectivity index is 2.50. The number of rotatable bonds is 5. The van der Waals surface area contributed by atoms with E-state index < -0.39 is 22.5 Å². The van der Waals surface area contributed by atoms with Crippen LogP contribution in [0.1, 0.15) is 0 Å². The third kappa shape index (κ3) is 3.49. The molecule has 2 aromatic carbocycles. The third-order valence-corrected chi connectivity index (χ3v) is 4.90. The molecule has 0 radical (unpaired) electrons. The van der Waals surface area contributed by atoms with Crippen LogP contribution in [0.25, 0.3) is 0 Å². The Morgan fingerprint density at radius 3 is 2.14 bits per heavy atom. The van der Waals surface area contributed by atoms with E-state index in [1.54, 1.807) is 0 Å². The molecule has 22 heavy (non-hydrogen) atoms. The Hall–Kier alpha value is -2.25. The molecule has 0 atom stereocenters. The highest BCUT2D eigenvalue weighted by molar-refractivity contribution is 7.92. The van der Waals surface area contributed by atoms with Crippen LogP contribution in [0.5, 0.6) is 0 Å². The molecule has 6 nitrogen and oxygen atoms in total. The predicted molar refractivity (Wildman–Crippen MR) is 84.5 cm³/mol. The Bertz CT molecular complexity index is 773. The fourth-order valence-corrected chi connectivity index (χ4v) is 3.35. The van der Waals surface area contributed by atoms with Crippen molar-refractivity contribution in [3.63, 3.8) is 0 Å². The minimum Gasteiger partial charge on any atom is -0.480 e. The van der Waals surface area contributed by atoms with Crippen LogP contribution in [0, 0.1) is 0 Å². The number of carbonyl (C=O) groups is 1. The van der Waals surface area contributed by atoms with Gasteiger partial charge in [0.2, 0.25) is 0 Å². The SMILES string of the molecule is Nc1ccc(N(CC(=O)O)S(=O)(=O)c2ccc(Cl)cc2)cc1. The van der Waals surface area contributed by atoms with Crippen molar-refractivity contribution in [1.82, 2.24) is 0 Å². The first-order chi connectivity index (χ1) is 10.3. The van der Waals surface area contributed by atoms with Crippen molar-refractivity contribution in [3.8, 4) is 0 Å². The number of hydrogen-bond acceptors (Lipinski definition) is 4. The highest BCUT2D eigenvalue weighted by Crippen LogP contribution is 2.25. The quantitative estimate of drug-likeness (QED) is 0.812.